The van der Waals surface area contributed by atoms with Crippen LogP contribution in [0.4, 0.5) is 10.1 Å². The largest absolute Gasteiger partial charge is 0.480 e. The van der Waals surface area contributed by atoms with Gasteiger partial charge in [0.1, 0.15) is 5.82 Å². The number of carbonyl (C=O) groups is 1. The van der Waals surface area contributed by atoms with Crippen LogP contribution in [0.2, 0.25) is 0 Å². The summed E-state index contributed by atoms with van der Waals surface area (Å²) in [5, 5.41) is 19.7. The highest BCUT2D eigenvalue weighted by Crippen LogP contribution is 2.21. The zero-order valence-electron chi connectivity index (χ0n) is 10.9. The van der Waals surface area contributed by atoms with Crippen molar-refractivity contribution in [3.63, 3.8) is 0 Å². The number of hydrogen-bond acceptors (Lipinski definition) is 5. The number of carboxylic acids is 1. The van der Waals surface area contributed by atoms with E-state index in [0.29, 0.717) is 0 Å². The molecule has 0 aliphatic carbocycles. The third kappa shape index (κ3) is 4.90. The zero-order valence-corrected chi connectivity index (χ0v) is 10.9. The molecule has 1 rings (SSSR count). The van der Waals surface area contributed by atoms with Crippen LogP contribution in [0.15, 0.2) is 18.2 Å². The topological polar surface area (TPSA) is 92.9 Å². The predicted molar refractivity (Wildman–Crippen MR) is 67.8 cm³/mol. The fraction of sp³-hybridized carbons (Fsp3) is 0.417. The van der Waals surface area contributed by atoms with Gasteiger partial charge in [0.25, 0.3) is 5.69 Å². The lowest BCUT2D eigenvalue weighted by Gasteiger charge is -2.19. The summed E-state index contributed by atoms with van der Waals surface area (Å²) in [6, 6.07) is 3.11. The maximum atomic E-state index is 13.2. The molecule has 0 amide bonds. The highest BCUT2D eigenvalue weighted by molar-refractivity contribution is 5.69. The van der Waals surface area contributed by atoms with Crippen molar-refractivity contribution in [2.45, 2.75) is 6.54 Å². The van der Waals surface area contributed by atoms with E-state index in [-0.39, 0.29) is 37.5 Å². The van der Waals surface area contributed by atoms with E-state index in [0.717, 1.165) is 18.2 Å². The van der Waals surface area contributed by atoms with E-state index in [2.05, 4.69) is 0 Å². The van der Waals surface area contributed by atoms with E-state index < -0.39 is 16.7 Å². The van der Waals surface area contributed by atoms with Gasteiger partial charge >= 0.3 is 5.97 Å². The smallest absolute Gasteiger partial charge is 0.317 e. The van der Waals surface area contributed by atoms with E-state index in [1.165, 1.54) is 12.0 Å². The molecule has 0 saturated carbocycles. The van der Waals surface area contributed by atoms with E-state index >= 15 is 0 Å². The average molecular weight is 286 g/mol. The maximum absolute atomic E-state index is 13.2. The number of halogens is 1. The van der Waals surface area contributed by atoms with Crippen molar-refractivity contribution in [1.82, 2.24) is 4.90 Å². The summed E-state index contributed by atoms with van der Waals surface area (Å²) in [5.74, 6) is -1.67. The standard InChI is InChI=1S/C12H15FN2O5/c1-20-5-4-14(8-12(16)17)7-9-6-10(13)2-3-11(9)15(18)19/h2-3,6H,4-5,7-8H2,1H3,(H,16,17). The number of nitrogens with zero attached hydrogens (tertiary/aromatic N) is 2. The number of benzene rings is 1. The third-order valence-electron chi connectivity index (χ3n) is 2.60. The van der Waals surface area contributed by atoms with Gasteiger partial charge in [0.15, 0.2) is 0 Å². The van der Waals surface area contributed by atoms with Crippen molar-refractivity contribution in [2.75, 3.05) is 26.8 Å². The zero-order chi connectivity index (χ0) is 15.1. The molecule has 8 heteroatoms. The summed E-state index contributed by atoms with van der Waals surface area (Å²) in [5.41, 5.74) is -0.105. The third-order valence-corrected chi connectivity index (χ3v) is 2.60. The van der Waals surface area contributed by atoms with Crippen molar-refractivity contribution in [1.29, 1.82) is 0 Å². The minimum Gasteiger partial charge on any atom is -0.480 e. The lowest BCUT2D eigenvalue weighted by Crippen LogP contribution is -2.32. The Balaban J connectivity index is 2.93. The lowest BCUT2D eigenvalue weighted by atomic mass is 10.1. The molecule has 110 valence electrons. The van der Waals surface area contributed by atoms with E-state index in [1.807, 2.05) is 0 Å². The summed E-state index contributed by atoms with van der Waals surface area (Å²) in [4.78, 5) is 22.4. The van der Waals surface area contributed by atoms with E-state index in [9.17, 15) is 19.3 Å². The summed E-state index contributed by atoms with van der Waals surface area (Å²) >= 11 is 0. The highest BCUT2D eigenvalue weighted by atomic mass is 19.1. The van der Waals surface area contributed by atoms with Crippen LogP contribution >= 0.6 is 0 Å². The fourth-order valence-electron chi connectivity index (χ4n) is 1.73. The molecular weight excluding hydrogens is 271 g/mol. The van der Waals surface area contributed by atoms with Crippen molar-refractivity contribution in [3.8, 4) is 0 Å². The van der Waals surface area contributed by atoms with Gasteiger partial charge in [0.05, 0.1) is 18.1 Å². The number of hydrogen-bond donors (Lipinski definition) is 1. The number of nitro benzene ring substituents is 1. The maximum Gasteiger partial charge on any atom is 0.317 e. The number of rotatable bonds is 8. The Morgan fingerprint density at radius 3 is 2.80 bits per heavy atom. The molecule has 0 aliphatic rings. The molecule has 0 fully saturated rings. The van der Waals surface area contributed by atoms with Gasteiger partial charge in [-0.1, -0.05) is 0 Å². The van der Waals surface area contributed by atoms with Crippen LogP contribution in [0.5, 0.6) is 0 Å². The van der Waals surface area contributed by atoms with Crippen LogP contribution in [0.1, 0.15) is 5.56 Å². The minimum atomic E-state index is -1.07. The van der Waals surface area contributed by atoms with Crippen molar-refractivity contribution in [2.24, 2.45) is 0 Å². The Morgan fingerprint density at radius 1 is 1.55 bits per heavy atom. The Kier molecular flexibility index (Phi) is 6.01. The number of nitro groups is 1. The second-order valence-electron chi connectivity index (χ2n) is 4.13. The number of ether oxygens (including phenoxy) is 1. The van der Waals surface area contributed by atoms with E-state index in [4.69, 9.17) is 9.84 Å². The summed E-state index contributed by atoms with van der Waals surface area (Å²) in [6.45, 7) is 0.202. The van der Waals surface area contributed by atoms with Crippen LogP contribution < -0.4 is 0 Å². The molecule has 1 aromatic rings. The second kappa shape index (κ2) is 7.51. The van der Waals surface area contributed by atoms with Crippen molar-refractivity contribution in [3.05, 3.63) is 39.7 Å². The molecule has 0 saturated heterocycles. The molecular formula is C12H15FN2O5. The molecule has 0 heterocycles. The molecule has 0 radical (unpaired) electrons. The van der Waals surface area contributed by atoms with Gasteiger partial charge in [-0.2, -0.15) is 0 Å². The summed E-state index contributed by atoms with van der Waals surface area (Å²) in [6.07, 6.45) is 0. The van der Waals surface area contributed by atoms with Crippen LogP contribution in [0.3, 0.4) is 0 Å². The molecule has 0 bridgehead atoms. The van der Waals surface area contributed by atoms with Crippen LogP contribution in [-0.2, 0) is 16.1 Å². The Morgan fingerprint density at radius 2 is 2.25 bits per heavy atom. The fourth-order valence-corrected chi connectivity index (χ4v) is 1.73. The van der Waals surface area contributed by atoms with Gasteiger partial charge in [-0.25, -0.2) is 4.39 Å². The molecule has 0 spiro atoms. The van der Waals surface area contributed by atoms with Gasteiger partial charge in [0.2, 0.25) is 0 Å². The first-order valence-corrected chi connectivity index (χ1v) is 5.80. The molecule has 7 nitrogen and oxygen atoms in total. The van der Waals surface area contributed by atoms with Gasteiger partial charge in [-0.05, 0) is 12.1 Å². The summed E-state index contributed by atoms with van der Waals surface area (Å²) < 4.78 is 18.0. The monoisotopic (exact) mass is 286 g/mol. The molecule has 1 N–H and O–H groups in total. The highest BCUT2D eigenvalue weighted by Gasteiger charge is 2.18. The Hall–Kier alpha value is -2.06. The number of aliphatic carboxylic acids is 1. The van der Waals surface area contributed by atoms with Crippen molar-refractivity contribution < 1.29 is 24.0 Å². The van der Waals surface area contributed by atoms with Gasteiger partial charge < -0.3 is 9.84 Å². The molecule has 0 unspecified atom stereocenters. The van der Waals surface area contributed by atoms with Gasteiger partial charge in [0, 0.05) is 31.8 Å². The minimum absolute atomic E-state index is 0.0380. The van der Waals surface area contributed by atoms with Crippen LogP contribution in [0.25, 0.3) is 0 Å². The first-order valence-electron chi connectivity index (χ1n) is 5.80. The first kappa shape index (κ1) is 16.0. The van der Waals surface area contributed by atoms with Crippen LogP contribution in [0, 0.1) is 15.9 Å². The SMILES string of the molecule is COCCN(CC(=O)O)Cc1cc(F)ccc1[N+](=O)[O-]. The van der Waals surface area contributed by atoms with Gasteiger partial charge in [-0.15, -0.1) is 0 Å². The van der Waals surface area contributed by atoms with Crippen molar-refractivity contribution >= 4 is 11.7 Å². The van der Waals surface area contributed by atoms with Crippen LogP contribution in [-0.4, -0.2) is 47.7 Å². The normalized spacial score (nSPS) is 10.8. The molecule has 0 aliphatic heterocycles. The number of methoxy groups -OCH3 is 1. The molecule has 0 aromatic heterocycles. The quantitative estimate of drug-likeness (QED) is 0.571. The summed E-state index contributed by atoms with van der Waals surface area (Å²) in [7, 11) is 1.46. The Labute approximate surface area is 114 Å². The predicted octanol–water partition coefficient (Wildman–Crippen LogP) is 1.27. The first-order chi connectivity index (χ1) is 9.43. The molecule has 20 heavy (non-hydrogen) atoms. The number of carboxylic acid groups (broad SMARTS) is 1. The molecule has 0 atom stereocenters. The average Bonchev–Trinajstić information content (AvgIpc) is 2.35. The van der Waals surface area contributed by atoms with Gasteiger partial charge in [-0.3, -0.25) is 19.8 Å². The van der Waals surface area contributed by atoms with E-state index in [1.54, 1.807) is 0 Å². The Bertz CT molecular complexity index is 495. The second-order valence-corrected chi connectivity index (χ2v) is 4.13. The lowest BCUT2D eigenvalue weighted by molar-refractivity contribution is -0.385. The molecule has 1 aromatic carbocycles.